The van der Waals surface area contributed by atoms with Crippen LogP contribution in [0.15, 0.2) is 30.5 Å². The number of hydrogen-bond donors (Lipinski definition) is 6. The Balaban J connectivity index is 2.14. The van der Waals surface area contributed by atoms with Crippen LogP contribution in [0.2, 0.25) is 0 Å². The molecule has 1 aromatic heterocycles. The van der Waals surface area contributed by atoms with Crippen molar-refractivity contribution in [3.8, 4) is 0 Å². The average Bonchev–Trinajstić information content (AvgIpc) is 3.29. The minimum atomic E-state index is -1.03. The maximum absolute atomic E-state index is 13.2. The topological polar surface area (TPSA) is 175 Å². The molecule has 2 aromatic rings. The van der Waals surface area contributed by atoms with Crippen LogP contribution in [-0.4, -0.2) is 83.2 Å². The zero-order chi connectivity index (χ0) is 28.1. The molecular weight excluding hydrogens is 528 g/mol. The molecule has 5 amide bonds. The van der Waals surface area contributed by atoms with E-state index in [4.69, 9.17) is 5.73 Å². The standard InChI is InChI=1S/C25H36N6O5S2/c1-15(32)29-20(9-11-38-3)24(35)28-14-22(33)30-21(25(36)31-19(23(26)34)8-10-37-2)12-16-13-27-18-7-5-4-6-17(16)18/h4-7,13,19-21,27H,8-12,14H2,1-3H3,(H2,26,34)(H,28,35)(H,29,32)(H,30,33)(H,31,36)/t19-,20-,21-/m0/s1. The largest absolute Gasteiger partial charge is 0.368 e. The molecule has 7 N–H and O–H groups in total. The minimum absolute atomic E-state index is 0.145. The number of para-hydroxylation sites is 1. The summed E-state index contributed by atoms with van der Waals surface area (Å²) in [6, 6.07) is 4.87. The van der Waals surface area contributed by atoms with Gasteiger partial charge >= 0.3 is 0 Å². The number of carbonyl (C=O) groups is 5. The molecule has 0 fully saturated rings. The summed E-state index contributed by atoms with van der Waals surface area (Å²) in [5.74, 6) is -1.39. The lowest BCUT2D eigenvalue weighted by Gasteiger charge is -2.22. The molecule has 0 aliphatic heterocycles. The highest BCUT2D eigenvalue weighted by atomic mass is 32.2. The van der Waals surface area contributed by atoms with Gasteiger partial charge in [-0.25, -0.2) is 0 Å². The maximum Gasteiger partial charge on any atom is 0.243 e. The van der Waals surface area contributed by atoms with Gasteiger partial charge in [-0.2, -0.15) is 23.5 Å². The number of amides is 5. The highest BCUT2D eigenvalue weighted by Crippen LogP contribution is 2.19. The van der Waals surface area contributed by atoms with Gasteiger partial charge in [0.2, 0.25) is 29.5 Å². The molecule has 38 heavy (non-hydrogen) atoms. The number of aromatic amines is 1. The van der Waals surface area contributed by atoms with E-state index in [2.05, 4.69) is 26.3 Å². The van der Waals surface area contributed by atoms with Gasteiger partial charge in [0.05, 0.1) is 6.54 Å². The number of thioether (sulfide) groups is 2. The normalized spacial score (nSPS) is 13.2. The zero-order valence-corrected chi connectivity index (χ0v) is 23.4. The minimum Gasteiger partial charge on any atom is -0.368 e. The Bertz CT molecular complexity index is 1120. The molecule has 0 saturated heterocycles. The first-order valence-electron chi connectivity index (χ1n) is 12.1. The molecule has 0 spiro atoms. The van der Waals surface area contributed by atoms with Gasteiger partial charge in [-0.1, -0.05) is 18.2 Å². The summed E-state index contributed by atoms with van der Waals surface area (Å²) in [6.45, 7) is 0.927. The van der Waals surface area contributed by atoms with E-state index in [1.165, 1.54) is 30.4 Å². The highest BCUT2D eigenvalue weighted by Gasteiger charge is 2.27. The van der Waals surface area contributed by atoms with E-state index in [-0.39, 0.29) is 12.3 Å². The van der Waals surface area contributed by atoms with E-state index < -0.39 is 48.3 Å². The number of primary amides is 1. The summed E-state index contributed by atoms with van der Waals surface area (Å²) in [5.41, 5.74) is 7.16. The first kappa shape index (κ1) is 31.0. The fraction of sp³-hybridized carbons (Fsp3) is 0.480. The number of carbonyl (C=O) groups excluding carboxylic acids is 5. The summed E-state index contributed by atoms with van der Waals surface area (Å²) in [5, 5.41) is 11.3. The van der Waals surface area contributed by atoms with E-state index in [1.54, 1.807) is 6.20 Å². The van der Waals surface area contributed by atoms with Gasteiger partial charge in [0.25, 0.3) is 0 Å². The monoisotopic (exact) mass is 564 g/mol. The van der Waals surface area contributed by atoms with Crippen molar-refractivity contribution in [2.75, 3.05) is 30.6 Å². The molecule has 13 heteroatoms. The Morgan fingerprint density at radius 2 is 1.55 bits per heavy atom. The van der Waals surface area contributed by atoms with Gasteiger partial charge in [-0.3, -0.25) is 24.0 Å². The van der Waals surface area contributed by atoms with Gasteiger partial charge in [0.15, 0.2) is 0 Å². The molecule has 1 heterocycles. The molecule has 1 aromatic carbocycles. The zero-order valence-electron chi connectivity index (χ0n) is 21.8. The van der Waals surface area contributed by atoms with Crippen molar-refractivity contribution in [2.24, 2.45) is 5.73 Å². The lowest BCUT2D eigenvalue weighted by atomic mass is 10.0. The van der Waals surface area contributed by atoms with Crippen LogP contribution in [0.4, 0.5) is 0 Å². The van der Waals surface area contributed by atoms with Crippen LogP contribution in [0.3, 0.4) is 0 Å². The number of aromatic nitrogens is 1. The molecule has 2 rings (SSSR count). The SMILES string of the molecule is CSCC[C@H](NC(=O)[C@H](Cc1c[nH]c2ccccc12)NC(=O)CNC(=O)[C@H](CCSC)NC(C)=O)C(N)=O. The summed E-state index contributed by atoms with van der Waals surface area (Å²) < 4.78 is 0. The van der Waals surface area contributed by atoms with Crippen LogP contribution < -0.4 is 27.0 Å². The second kappa shape index (κ2) is 15.9. The van der Waals surface area contributed by atoms with Crippen LogP contribution >= 0.6 is 23.5 Å². The number of rotatable bonds is 16. The third-order valence-corrected chi connectivity index (χ3v) is 7.04. The predicted molar refractivity (Wildman–Crippen MR) is 152 cm³/mol. The number of fused-ring (bicyclic) bond motifs is 1. The van der Waals surface area contributed by atoms with Crippen molar-refractivity contribution in [3.05, 3.63) is 36.0 Å². The first-order chi connectivity index (χ1) is 18.2. The molecule has 0 radical (unpaired) electrons. The molecule has 208 valence electrons. The Morgan fingerprint density at radius 1 is 0.895 bits per heavy atom. The third kappa shape index (κ3) is 9.93. The summed E-state index contributed by atoms with van der Waals surface area (Å²) in [7, 11) is 0. The van der Waals surface area contributed by atoms with Crippen molar-refractivity contribution in [1.29, 1.82) is 0 Å². The highest BCUT2D eigenvalue weighted by molar-refractivity contribution is 7.98. The number of nitrogens with two attached hydrogens (primary N) is 1. The molecular formula is C25H36N6O5S2. The Morgan fingerprint density at radius 3 is 2.18 bits per heavy atom. The van der Waals surface area contributed by atoms with Gasteiger partial charge in [-0.05, 0) is 48.5 Å². The molecule has 0 bridgehead atoms. The Labute approximate surface area is 230 Å². The number of hydrogen-bond acceptors (Lipinski definition) is 7. The number of nitrogens with one attached hydrogen (secondary N) is 5. The van der Waals surface area contributed by atoms with Gasteiger partial charge in [0, 0.05) is 30.4 Å². The van der Waals surface area contributed by atoms with Crippen molar-refractivity contribution in [3.63, 3.8) is 0 Å². The number of benzene rings is 1. The lowest BCUT2D eigenvalue weighted by Crippen LogP contribution is -2.55. The second-order valence-corrected chi connectivity index (χ2v) is 10.7. The van der Waals surface area contributed by atoms with Crippen molar-refractivity contribution in [1.82, 2.24) is 26.3 Å². The van der Waals surface area contributed by atoms with Crippen LogP contribution in [0.1, 0.15) is 25.3 Å². The fourth-order valence-corrected chi connectivity index (χ4v) is 4.75. The van der Waals surface area contributed by atoms with Crippen molar-refractivity contribution < 1.29 is 24.0 Å². The van der Waals surface area contributed by atoms with E-state index in [9.17, 15) is 24.0 Å². The van der Waals surface area contributed by atoms with Crippen LogP contribution in [0.25, 0.3) is 10.9 Å². The van der Waals surface area contributed by atoms with E-state index in [1.807, 2.05) is 36.8 Å². The smallest absolute Gasteiger partial charge is 0.243 e. The van der Waals surface area contributed by atoms with Crippen LogP contribution in [0.5, 0.6) is 0 Å². The number of H-pyrrole nitrogens is 1. The van der Waals surface area contributed by atoms with Crippen molar-refractivity contribution >= 4 is 64.0 Å². The van der Waals surface area contributed by atoms with Crippen LogP contribution in [-0.2, 0) is 30.4 Å². The van der Waals surface area contributed by atoms with Crippen LogP contribution in [0, 0.1) is 0 Å². The molecule has 0 saturated carbocycles. The van der Waals surface area contributed by atoms with Crippen molar-refractivity contribution in [2.45, 2.75) is 44.3 Å². The first-order valence-corrected chi connectivity index (χ1v) is 14.9. The fourth-order valence-electron chi connectivity index (χ4n) is 3.81. The maximum atomic E-state index is 13.2. The molecule has 11 nitrogen and oxygen atoms in total. The average molecular weight is 565 g/mol. The Hall–Kier alpha value is -3.19. The van der Waals surface area contributed by atoms with E-state index >= 15 is 0 Å². The summed E-state index contributed by atoms with van der Waals surface area (Å²) >= 11 is 3.05. The molecule has 0 aliphatic carbocycles. The second-order valence-electron chi connectivity index (χ2n) is 8.68. The summed E-state index contributed by atoms with van der Waals surface area (Å²) in [6.07, 6.45) is 6.44. The Kier molecular flexibility index (Phi) is 13.0. The van der Waals surface area contributed by atoms with Gasteiger partial charge in [0.1, 0.15) is 18.1 Å². The van der Waals surface area contributed by atoms with Gasteiger partial charge < -0.3 is 32.0 Å². The molecule has 0 unspecified atom stereocenters. The lowest BCUT2D eigenvalue weighted by molar-refractivity contribution is -0.132. The predicted octanol–water partition coefficient (Wildman–Crippen LogP) is 0.292. The third-order valence-electron chi connectivity index (χ3n) is 5.75. The van der Waals surface area contributed by atoms with Gasteiger partial charge in [-0.15, -0.1) is 0 Å². The van der Waals surface area contributed by atoms with E-state index in [0.29, 0.717) is 24.3 Å². The molecule has 3 atom stereocenters. The summed E-state index contributed by atoms with van der Waals surface area (Å²) in [4.78, 5) is 65.1. The quantitative estimate of drug-likeness (QED) is 0.170. The van der Waals surface area contributed by atoms with E-state index in [0.717, 1.165) is 16.5 Å². The molecule has 0 aliphatic rings.